The Bertz CT molecular complexity index is 750. The van der Waals surface area contributed by atoms with Crippen molar-refractivity contribution in [3.8, 4) is 0 Å². The van der Waals surface area contributed by atoms with Crippen molar-refractivity contribution in [3.05, 3.63) is 88.2 Å². The molecular formula is C23H29F2N. The van der Waals surface area contributed by atoms with Gasteiger partial charge in [0.2, 0.25) is 0 Å². The van der Waals surface area contributed by atoms with Gasteiger partial charge in [-0.05, 0) is 70.5 Å². The van der Waals surface area contributed by atoms with Crippen molar-refractivity contribution in [2.45, 2.75) is 48.0 Å². The van der Waals surface area contributed by atoms with Crippen LogP contribution in [0.1, 0.15) is 52.2 Å². The molecule has 0 radical (unpaired) electrons. The van der Waals surface area contributed by atoms with Gasteiger partial charge in [0.15, 0.2) is 0 Å². The summed E-state index contributed by atoms with van der Waals surface area (Å²) in [5, 5.41) is 3.09. The first kappa shape index (κ1) is 21.6. The minimum atomic E-state index is -0.578. The molecule has 0 aliphatic rings. The summed E-state index contributed by atoms with van der Waals surface area (Å²) in [6.07, 6.45) is 12.2. The fourth-order valence-corrected chi connectivity index (χ4v) is 2.65. The Labute approximate surface area is 156 Å². The molecule has 0 spiro atoms. The van der Waals surface area contributed by atoms with Crippen LogP contribution in [0.4, 0.5) is 8.78 Å². The number of benzene rings is 1. The molecule has 140 valence electrons. The maximum absolute atomic E-state index is 14.7. The summed E-state index contributed by atoms with van der Waals surface area (Å²) in [6.45, 7) is 11.4. The topological polar surface area (TPSA) is 12.0 Å². The summed E-state index contributed by atoms with van der Waals surface area (Å²) in [7, 11) is 0. The van der Waals surface area contributed by atoms with E-state index >= 15 is 0 Å². The molecule has 0 fully saturated rings. The minimum absolute atomic E-state index is 0.0484. The van der Waals surface area contributed by atoms with E-state index in [-0.39, 0.29) is 5.56 Å². The Morgan fingerprint density at radius 2 is 1.69 bits per heavy atom. The maximum Gasteiger partial charge on any atom is 0.135 e. The van der Waals surface area contributed by atoms with E-state index in [1.807, 2.05) is 52.8 Å². The normalized spacial score (nSPS) is 13.3. The van der Waals surface area contributed by atoms with E-state index in [1.165, 1.54) is 12.1 Å². The van der Waals surface area contributed by atoms with Crippen molar-refractivity contribution in [3.63, 3.8) is 0 Å². The highest BCUT2D eigenvalue weighted by atomic mass is 19.1. The molecule has 0 aromatic heterocycles. The number of allylic oxidation sites excluding steroid dienone is 8. The maximum atomic E-state index is 14.7. The molecule has 0 saturated heterocycles. The van der Waals surface area contributed by atoms with Crippen molar-refractivity contribution < 1.29 is 8.78 Å². The lowest BCUT2D eigenvalue weighted by Gasteiger charge is -2.17. The highest BCUT2D eigenvalue weighted by Gasteiger charge is 2.18. The minimum Gasteiger partial charge on any atom is -0.361 e. The number of rotatable bonds is 7. The van der Waals surface area contributed by atoms with Crippen LogP contribution in [-0.2, 0) is 0 Å². The fourth-order valence-electron chi connectivity index (χ4n) is 2.65. The Kier molecular flexibility index (Phi) is 8.77. The van der Waals surface area contributed by atoms with Gasteiger partial charge in [-0.25, -0.2) is 8.78 Å². The molecule has 1 nitrogen and oxygen atoms in total. The standard InChI is InChI=1S/C23H29F2N/c1-7-10-18(11-8-2)19(13-16(4)5)23(26-12-9-3)22-20(24)14-17(6)15-21(22)25/h7,9-15,26H,8H2,1-6H3/b10-7-,12-9+,18-11+,23-19+. The third-order valence-corrected chi connectivity index (χ3v) is 3.61. The van der Waals surface area contributed by atoms with E-state index in [0.29, 0.717) is 11.3 Å². The Morgan fingerprint density at radius 3 is 2.15 bits per heavy atom. The summed E-state index contributed by atoms with van der Waals surface area (Å²) in [5.41, 5.74) is 3.63. The molecule has 1 N–H and O–H groups in total. The van der Waals surface area contributed by atoms with Crippen molar-refractivity contribution >= 4 is 5.70 Å². The first-order chi connectivity index (χ1) is 12.3. The summed E-state index contributed by atoms with van der Waals surface area (Å²) in [4.78, 5) is 0. The van der Waals surface area contributed by atoms with E-state index in [0.717, 1.165) is 23.1 Å². The van der Waals surface area contributed by atoms with Crippen molar-refractivity contribution in [1.29, 1.82) is 0 Å². The third kappa shape index (κ3) is 5.83. The van der Waals surface area contributed by atoms with E-state index in [9.17, 15) is 8.78 Å². The van der Waals surface area contributed by atoms with Gasteiger partial charge < -0.3 is 5.32 Å². The predicted octanol–water partition coefficient (Wildman–Crippen LogP) is 6.99. The smallest absolute Gasteiger partial charge is 0.135 e. The van der Waals surface area contributed by atoms with Crippen molar-refractivity contribution in [2.24, 2.45) is 0 Å². The van der Waals surface area contributed by atoms with Crippen LogP contribution in [0.15, 0.2) is 65.4 Å². The van der Waals surface area contributed by atoms with Crippen LogP contribution in [0.5, 0.6) is 0 Å². The number of halogens is 2. The molecule has 0 amide bonds. The Balaban J connectivity index is 3.93. The fraction of sp³-hybridized carbons (Fsp3) is 0.304. The second-order valence-corrected chi connectivity index (χ2v) is 6.33. The first-order valence-corrected chi connectivity index (χ1v) is 8.91. The Morgan fingerprint density at radius 1 is 1.08 bits per heavy atom. The average Bonchev–Trinajstić information content (AvgIpc) is 2.54. The molecular weight excluding hydrogens is 328 g/mol. The SMILES string of the molecule is C\C=C/C(=C\CC)C(/C=C(C)C)=C(/N/C=C/C)c1c(F)cc(C)cc1F. The van der Waals surface area contributed by atoms with Crippen LogP contribution in [0.25, 0.3) is 5.70 Å². The van der Waals surface area contributed by atoms with Gasteiger partial charge >= 0.3 is 0 Å². The number of aryl methyl sites for hydroxylation is 1. The summed E-state index contributed by atoms with van der Waals surface area (Å²) >= 11 is 0. The summed E-state index contributed by atoms with van der Waals surface area (Å²) in [5.74, 6) is -1.16. The molecule has 0 saturated carbocycles. The molecule has 1 aromatic carbocycles. The molecule has 0 unspecified atom stereocenters. The predicted molar refractivity (Wildman–Crippen MR) is 109 cm³/mol. The highest BCUT2D eigenvalue weighted by Crippen LogP contribution is 2.30. The van der Waals surface area contributed by atoms with Crippen LogP contribution in [0.2, 0.25) is 0 Å². The van der Waals surface area contributed by atoms with Gasteiger partial charge in [0, 0.05) is 5.57 Å². The lowest BCUT2D eigenvalue weighted by molar-refractivity contribution is 0.573. The lowest BCUT2D eigenvalue weighted by Crippen LogP contribution is -2.12. The van der Waals surface area contributed by atoms with E-state index in [2.05, 4.69) is 11.4 Å². The van der Waals surface area contributed by atoms with Gasteiger partial charge in [-0.3, -0.25) is 0 Å². The van der Waals surface area contributed by atoms with Crippen molar-refractivity contribution in [2.75, 3.05) is 0 Å². The monoisotopic (exact) mass is 357 g/mol. The van der Waals surface area contributed by atoms with Gasteiger partial charge in [0.05, 0.1) is 11.3 Å². The molecule has 0 atom stereocenters. The molecule has 26 heavy (non-hydrogen) atoms. The van der Waals surface area contributed by atoms with E-state index in [1.54, 1.807) is 19.2 Å². The number of nitrogens with one attached hydrogen (secondary N) is 1. The zero-order valence-electron chi connectivity index (χ0n) is 16.6. The van der Waals surface area contributed by atoms with E-state index in [4.69, 9.17) is 0 Å². The van der Waals surface area contributed by atoms with Gasteiger partial charge in [-0.15, -0.1) is 0 Å². The van der Waals surface area contributed by atoms with Crippen LogP contribution in [0, 0.1) is 18.6 Å². The second-order valence-electron chi connectivity index (χ2n) is 6.33. The quantitative estimate of drug-likeness (QED) is 0.519. The molecule has 0 aliphatic heterocycles. The number of hydrogen-bond donors (Lipinski definition) is 1. The third-order valence-electron chi connectivity index (χ3n) is 3.61. The van der Waals surface area contributed by atoms with Gasteiger partial charge in [-0.2, -0.15) is 0 Å². The highest BCUT2D eigenvalue weighted by molar-refractivity contribution is 5.76. The summed E-state index contributed by atoms with van der Waals surface area (Å²) in [6, 6.07) is 2.71. The largest absolute Gasteiger partial charge is 0.361 e. The number of hydrogen-bond acceptors (Lipinski definition) is 1. The van der Waals surface area contributed by atoms with Crippen LogP contribution in [-0.4, -0.2) is 0 Å². The molecule has 1 rings (SSSR count). The molecule has 0 aliphatic carbocycles. The summed E-state index contributed by atoms with van der Waals surface area (Å²) < 4.78 is 29.5. The van der Waals surface area contributed by atoms with Crippen LogP contribution < -0.4 is 5.32 Å². The molecule has 3 heteroatoms. The second kappa shape index (κ2) is 10.5. The first-order valence-electron chi connectivity index (χ1n) is 8.91. The molecule has 0 bridgehead atoms. The zero-order chi connectivity index (χ0) is 19.7. The zero-order valence-corrected chi connectivity index (χ0v) is 16.6. The van der Waals surface area contributed by atoms with Gasteiger partial charge in [-0.1, -0.05) is 42.9 Å². The van der Waals surface area contributed by atoms with Gasteiger partial charge in [0.1, 0.15) is 11.6 Å². The Hall–Kier alpha value is -2.42. The molecule has 1 aromatic rings. The van der Waals surface area contributed by atoms with Crippen LogP contribution in [0.3, 0.4) is 0 Å². The van der Waals surface area contributed by atoms with Gasteiger partial charge in [0.25, 0.3) is 0 Å². The molecule has 0 heterocycles. The lowest BCUT2D eigenvalue weighted by atomic mass is 9.95. The average molecular weight is 357 g/mol. The van der Waals surface area contributed by atoms with E-state index < -0.39 is 11.6 Å². The van der Waals surface area contributed by atoms with Crippen molar-refractivity contribution in [1.82, 2.24) is 5.32 Å². The van der Waals surface area contributed by atoms with Crippen LogP contribution >= 0.6 is 0 Å².